The monoisotopic (exact) mass is 251 g/mol. The first-order chi connectivity index (χ1) is 8.50. The molecule has 0 bridgehead atoms. The first kappa shape index (κ1) is 12.6. The van der Waals surface area contributed by atoms with Crippen LogP contribution in [0.4, 0.5) is 0 Å². The molecule has 1 amide bonds. The molecule has 6 nitrogen and oxygen atoms in total. The smallest absolute Gasteiger partial charge is 0.326 e. The molecule has 1 saturated heterocycles. The van der Waals surface area contributed by atoms with Crippen LogP contribution in [0.2, 0.25) is 0 Å². The zero-order valence-corrected chi connectivity index (χ0v) is 10.6. The molecule has 2 heterocycles. The van der Waals surface area contributed by atoms with Gasteiger partial charge >= 0.3 is 5.97 Å². The van der Waals surface area contributed by atoms with Crippen molar-refractivity contribution in [2.45, 2.75) is 32.2 Å². The summed E-state index contributed by atoms with van der Waals surface area (Å²) in [7, 11) is 1.74. The van der Waals surface area contributed by atoms with Crippen molar-refractivity contribution in [2.24, 2.45) is 7.05 Å². The highest BCUT2D eigenvalue weighted by atomic mass is 16.4. The number of piperidine rings is 1. The number of hydrogen-bond donors (Lipinski definition) is 1. The van der Waals surface area contributed by atoms with Crippen molar-refractivity contribution in [3.8, 4) is 0 Å². The molecular weight excluding hydrogens is 234 g/mol. The molecule has 1 aliphatic heterocycles. The predicted molar refractivity (Wildman–Crippen MR) is 64.3 cm³/mol. The van der Waals surface area contributed by atoms with Crippen LogP contribution in [0.3, 0.4) is 0 Å². The van der Waals surface area contributed by atoms with E-state index in [1.807, 2.05) is 0 Å². The molecule has 0 radical (unpaired) electrons. The summed E-state index contributed by atoms with van der Waals surface area (Å²) < 4.78 is 1.57. The highest BCUT2D eigenvalue weighted by Crippen LogP contribution is 2.20. The number of aromatic nitrogens is 2. The molecule has 1 fully saturated rings. The topological polar surface area (TPSA) is 75.4 Å². The number of aryl methyl sites for hydroxylation is 2. The van der Waals surface area contributed by atoms with Crippen LogP contribution in [-0.2, 0) is 11.8 Å². The zero-order chi connectivity index (χ0) is 13.3. The van der Waals surface area contributed by atoms with Crippen LogP contribution in [0.1, 0.15) is 35.3 Å². The average Bonchev–Trinajstić information content (AvgIpc) is 2.67. The van der Waals surface area contributed by atoms with Gasteiger partial charge in [-0.15, -0.1) is 0 Å². The Morgan fingerprint density at radius 1 is 1.44 bits per heavy atom. The van der Waals surface area contributed by atoms with Crippen molar-refractivity contribution in [3.63, 3.8) is 0 Å². The molecule has 98 valence electrons. The van der Waals surface area contributed by atoms with Crippen LogP contribution in [0.15, 0.2) is 6.20 Å². The molecule has 0 aromatic carbocycles. The quantitative estimate of drug-likeness (QED) is 0.844. The Labute approximate surface area is 105 Å². The number of likely N-dealkylation sites (tertiary alicyclic amines) is 1. The van der Waals surface area contributed by atoms with Crippen molar-refractivity contribution in [2.75, 3.05) is 6.54 Å². The lowest BCUT2D eigenvalue weighted by atomic mass is 10.0. The average molecular weight is 251 g/mol. The van der Waals surface area contributed by atoms with Gasteiger partial charge in [-0.2, -0.15) is 5.10 Å². The first-order valence-electron chi connectivity index (χ1n) is 6.04. The maximum Gasteiger partial charge on any atom is 0.326 e. The van der Waals surface area contributed by atoms with Crippen LogP contribution < -0.4 is 0 Å². The molecule has 0 aliphatic carbocycles. The van der Waals surface area contributed by atoms with E-state index < -0.39 is 12.0 Å². The molecule has 1 aromatic rings. The lowest BCUT2D eigenvalue weighted by molar-refractivity contribution is -0.143. The van der Waals surface area contributed by atoms with Crippen molar-refractivity contribution in [1.82, 2.24) is 14.7 Å². The Balaban J connectivity index is 2.26. The molecule has 6 heteroatoms. The Bertz CT molecular complexity index is 481. The fraction of sp³-hybridized carbons (Fsp3) is 0.583. The van der Waals surface area contributed by atoms with Gasteiger partial charge in [-0.1, -0.05) is 0 Å². The van der Waals surface area contributed by atoms with Crippen molar-refractivity contribution >= 4 is 11.9 Å². The molecule has 0 spiro atoms. The number of aliphatic carboxylic acids is 1. The van der Waals surface area contributed by atoms with E-state index >= 15 is 0 Å². The van der Waals surface area contributed by atoms with Gasteiger partial charge in [0.25, 0.3) is 5.91 Å². The number of rotatable bonds is 2. The molecule has 1 aliphatic rings. The number of carbonyl (C=O) groups is 2. The van der Waals surface area contributed by atoms with Gasteiger partial charge in [-0.05, 0) is 26.2 Å². The third kappa shape index (κ3) is 2.23. The van der Waals surface area contributed by atoms with E-state index in [-0.39, 0.29) is 5.91 Å². The van der Waals surface area contributed by atoms with Gasteiger partial charge in [0.2, 0.25) is 0 Å². The van der Waals surface area contributed by atoms with Gasteiger partial charge < -0.3 is 10.0 Å². The van der Waals surface area contributed by atoms with Gasteiger partial charge in [0.15, 0.2) is 5.69 Å². The second-order valence-corrected chi connectivity index (χ2v) is 4.68. The lowest BCUT2D eigenvalue weighted by Gasteiger charge is -2.32. The summed E-state index contributed by atoms with van der Waals surface area (Å²) in [6, 6.07) is -0.715. The summed E-state index contributed by atoms with van der Waals surface area (Å²) in [6.45, 7) is 2.30. The molecule has 1 aromatic heterocycles. The summed E-state index contributed by atoms with van der Waals surface area (Å²) in [6.07, 6.45) is 3.98. The third-order valence-corrected chi connectivity index (χ3v) is 3.26. The van der Waals surface area contributed by atoms with E-state index in [0.717, 1.165) is 18.4 Å². The number of nitrogens with zero attached hydrogens (tertiary/aromatic N) is 3. The number of carboxylic acid groups (broad SMARTS) is 1. The fourth-order valence-electron chi connectivity index (χ4n) is 2.39. The highest BCUT2D eigenvalue weighted by Gasteiger charge is 2.33. The molecule has 0 saturated carbocycles. The maximum absolute atomic E-state index is 12.3. The molecule has 1 unspecified atom stereocenters. The van der Waals surface area contributed by atoms with Gasteiger partial charge in [-0.25, -0.2) is 4.79 Å². The number of amides is 1. The van der Waals surface area contributed by atoms with Crippen molar-refractivity contribution < 1.29 is 14.7 Å². The molecular formula is C12H17N3O3. The standard InChI is InChI=1S/C12H17N3O3/c1-8-7-14(2)13-10(8)11(16)15-6-4-3-5-9(15)12(17)18/h7,9H,3-6H2,1-2H3,(H,17,18). The van der Waals surface area contributed by atoms with Crippen LogP contribution in [-0.4, -0.2) is 44.3 Å². The number of carbonyl (C=O) groups excluding carboxylic acids is 1. The molecule has 18 heavy (non-hydrogen) atoms. The van der Waals surface area contributed by atoms with Crippen molar-refractivity contribution in [3.05, 3.63) is 17.5 Å². The van der Waals surface area contributed by atoms with Gasteiger partial charge in [0.1, 0.15) is 6.04 Å². The predicted octanol–water partition coefficient (Wildman–Crippen LogP) is 0.808. The van der Waals surface area contributed by atoms with E-state index in [4.69, 9.17) is 5.11 Å². The molecule has 2 rings (SSSR count). The largest absolute Gasteiger partial charge is 0.480 e. The fourth-order valence-corrected chi connectivity index (χ4v) is 2.39. The zero-order valence-electron chi connectivity index (χ0n) is 10.6. The Kier molecular flexibility index (Phi) is 3.36. The number of carboxylic acids is 1. The molecule has 1 atom stereocenters. The second kappa shape index (κ2) is 4.80. The van der Waals surface area contributed by atoms with Gasteiger partial charge in [0.05, 0.1) is 0 Å². The second-order valence-electron chi connectivity index (χ2n) is 4.68. The lowest BCUT2D eigenvalue weighted by Crippen LogP contribution is -2.48. The van der Waals surface area contributed by atoms with E-state index in [1.165, 1.54) is 4.90 Å². The van der Waals surface area contributed by atoms with E-state index in [0.29, 0.717) is 18.7 Å². The van der Waals surface area contributed by atoms with Crippen LogP contribution >= 0.6 is 0 Å². The Morgan fingerprint density at radius 2 is 2.17 bits per heavy atom. The summed E-state index contributed by atoms with van der Waals surface area (Å²) in [5.41, 5.74) is 1.13. The maximum atomic E-state index is 12.3. The summed E-state index contributed by atoms with van der Waals surface area (Å²) >= 11 is 0. The van der Waals surface area contributed by atoms with E-state index in [9.17, 15) is 9.59 Å². The Morgan fingerprint density at radius 3 is 2.72 bits per heavy atom. The summed E-state index contributed by atoms with van der Waals surface area (Å²) in [5.74, 6) is -1.21. The SMILES string of the molecule is Cc1cn(C)nc1C(=O)N1CCCCC1C(=O)O. The minimum absolute atomic E-state index is 0.278. The van der Waals surface area contributed by atoms with Gasteiger partial charge in [0, 0.05) is 25.4 Å². The van der Waals surface area contributed by atoms with E-state index in [2.05, 4.69) is 5.10 Å². The van der Waals surface area contributed by atoms with E-state index in [1.54, 1.807) is 24.9 Å². The highest BCUT2D eigenvalue weighted by molar-refractivity contribution is 5.96. The first-order valence-corrected chi connectivity index (χ1v) is 6.04. The van der Waals surface area contributed by atoms with Gasteiger partial charge in [-0.3, -0.25) is 9.48 Å². The summed E-state index contributed by atoms with van der Waals surface area (Å²) in [4.78, 5) is 24.9. The third-order valence-electron chi connectivity index (χ3n) is 3.26. The minimum atomic E-state index is -0.934. The van der Waals surface area contributed by atoms with Crippen LogP contribution in [0.5, 0.6) is 0 Å². The molecule has 1 N–H and O–H groups in total. The number of hydrogen-bond acceptors (Lipinski definition) is 3. The normalized spacial score (nSPS) is 19.9. The Hall–Kier alpha value is -1.85. The minimum Gasteiger partial charge on any atom is -0.480 e. The van der Waals surface area contributed by atoms with Crippen LogP contribution in [0.25, 0.3) is 0 Å². The van der Waals surface area contributed by atoms with Crippen molar-refractivity contribution in [1.29, 1.82) is 0 Å². The van der Waals surface area contributed by atoms with Crippen LogP contribution in [0, 0.1) is 6.92 Å². The summed E-state index contributed by atoms with van der Waals surface area (Å²) in [5, 5.41) is 13.3.